The molecule has 1 aromatic heterocycles. The Morgan fingerprint density at radius 1 is 1.17 bits per heavy atom. The van der Waals surface area contributed by atoms with Crippen molar-refractivity contribution in [1.29, 1.82) is 0 Å². The van der Waals surface area contributed by atoms with Gasteiger partial charge in [0.25, 0.3) is 0 Å². The SMILES string of the molecule is CC(C)Oc1ccc(C(N)c2ccnn2C)cc1. The third-order valence-electron chi connectivity index (χ3n) is 2.79. The molecule has 4 heteroatoms. The van der Waals surface area contributed by atoms with Gasteiger partial charge in [-0.3, -0.25) is 4.68 Å². The van der Waals surface area contributed by atoms with Crippen LogP contribution in [0.25, 0.3) is 0 Å². The molecule has 4 nitrogen and oxygen atoms in total. The molecule has 0 bridgehead atoms. The highest BCUT2D eigenvalue weighted by Gasteiger charge is 2.12. The van der Waals surface area contributed by atoms with Crippen LogP contribution in [-0.2, 0) is 7.05 Å². The molecule has 96 valence electrons. The number of nitrogens with zero attached hydrogens (tertiary/aromatic N) is 2. The maximum Gasteiger partial charge on any atom is 0.119 e. The molecular weight excluding hydrogens is 226 g/mol. The first-order chi connectivity index (χ1) is 8.58. The standard InChI is InChI=1S/C14H19N3O/c1-10(2)18-12-6-4-11(5-7-12)14(15)13-8-9-16-17(13)3/h4-10,14H,15H2,1-3H3. The van der Waals surface area contributed by atoms with Gasteiger partial charge in [-0.1, -0.05) is 12.1 Å². The molecule has 1 atom stereocenters. The molecule has 0 spiro atoms. The van der Waals surface area contributed by atoms with Crippen molar-refractivity contribution < 1.29 is 4.74 Å². The van der Waals surface area contributed by atoms with Gasteiger partial charge in [0, 0.05) is 13.2 Å². The van der Waals surface area contributed by atoms with Gasteiger partial charge in [-0.25, -0.2) is 0 Å². The molecule has 0 aliphatic rings. The maximum atomic E-state index is 6.21. The van der Waals surface area contributed by atoms with Gasteiger partial charge in [-0.2, -0.15) is 5.10 Å². The molecule has 2 rings (SSSR count). The molecule has 0 saturated heterocycles. The van der Waals surface area contributed by atoms with Crippen molar-refractivity contribution in [2.75, 3.05) is 0 Å². The molecular formula is C14H19N3O. The van der Waals surface area contributed by atoms with Gasteiger partial charge >= 0.3 is 0 Å². The van der Waals surface area contributed by atoms with E-state index in [2.05, 4.69) is 5.10 Å². The zero-order valence-corrected chi connectivity index (χ0v) is 11.0. The second-order valence-electron chi connectivity index (χ2n) is 4.59. The first kappa shape index (κ1) is 12.6. The van der Waals surface area contributed by atoms with Crippen LogP contribution in [0.4, 0.5) is 0 Å². The highest BCUT2D eigenvalue weighted by atomic mass is 16.5. The van der Waals surface area contributed by atoms with Crippen LogP contribution in [-0.4, -0.2) is 15.9 Å². The topological polar surface area (TPSA) is 53.1 Å². The summed E-state index contributed by atoms with van der Waals surface area (Å²) in [6.45, 7) is 4.02. The van der Waals surface area contributed by atoms with E-state index < -0.39 is 0 Å². The molecule has 0 radical (unpaired) electrons. The van der Waals surface area contributed by atoms with Gasteiger partial charge in [0.2, 0.25) is 0 Å². The third kappa shape index (κ3) is 2.71. The van der Waals surface area contributed by atoms with Gasteiger partial charge < -0.3 is 10.5 Å². The number of aromatic nitrogens is 2. The summed E-state index contributed by atoms with van der Waals surface area (Å²) in [6, 6.07) is 9.66. The number of nitrogens with two attached hydrogens (primary N) is 1. The lowest BCUT2D eigenvalue weighted by molar-refractivity contribution is 0.242. The predicted molar refractivity (Wildman–Crippen MR) is 71.4 cm³/mol. The number of rotatable bonds is 4. The van der Waals surface area contributed by atoms with Crippen LogP contribution in [0, 0.1) is 0 Å². The fourth-order valence-electron chi connectivity index (χ4n) is 1.89. The van der Waals surface area contributed by atoms with Crippen LogP contribution in [0.2, 0.25) is 0 Å². The minimum atomic E-state index is -0.161. The van der Waals surface area contributed by atoms with Crippen LogP contribution in [0.3, 0.4) is 0 Å². The lowest BCUT2D eigenvalue weighted by Crippen LogP contribution is -2.16. The molecule has 18 heavy (non-hydrogen) atoms. The second kappa shape index (κ2) is 5.23. The monoisotopic (exact) mass is 245 g/mol. The first-order valence-corrected chi connectivity index (χ1v) is 6.08. The van der Waals surface area contributed by atoms with Crippen LogP contribution >= 0.6 is 0 Å². The van der Waals surface area contributed by atoms with E-state index >= 15 is 0 Å². The van der Waals surface area contributed by atoms with Crippen molar-refractivity contribution in [2.24, 2.45) is 12.8 Å². The van der Waals surface area contributed by atoms with Crippen LogP contribution in [0.5, 0.6) is 5.75 Å². The number of ether oxygens (including phenoxy) is 1. The summed E-state index contributed by atoms with van der Waals surface area (Å²) in [7, 11) is 1.89. The molecule has 1 unspecified atom stereocenters. The van der Waals surface area contributed by atoms with Gasteiger partial charge in [-0.05, 0) is 37.6 Å². The summed E-state index contributed by atoms with van der Waals surface area (Å²) in [4.78, 5) is 0. The minimum absolute atomic E-state index is 0.161. The van der Waals surface area contributed by atoms with Crippen molar-refractivity contribution >= 4 is 0 Å². The summed E-state index contributed by atoms with van der Waals surface area (Å²) in [5.41, 5.74) is 8.25. The number of aryl methyl sites for hydroxylation is 1. The highest BCUT2D eigenvalue weighted by molar-refractivity contribution is 5.32. The summed E-state index contributed by atoms with van der Waals surface area (Å²) in [5, 5.41) is 4.13. The Kier molecular flexibility index (Phi) is 3.67. The van der Waals surface area contributed by atoms with Gasteiger partial charge in [-0.15, -0.1) is 0 Å². The van der Waals surface area contributed by atoms with Crippen LogP contribution in [0.1, 0.15) is 31.1 Å². The molecule has 0 saturated carbocycles. The Balaban J connectivity index is 2.17. The summed E-state index contributed by atoms with van der Waals surface area (Å²) in [5.74, 6) is 0.867. The Morgan fingerprint density at radius 3 is 2.33 bits per heavy atom. The van der Waals surface area contributed by atoms with Gasteiger partial charge in [0.15, 0.2) is 0 Å². The smallest absolute Gasteiger partial charge is 0.119 e. The average Bonchev–Trinajstić information content (AvgIpc) is 2.75. The molecule has 0 aliphatic carbocycles. The largest absolute Gasteiger partial charge is 0.491 e. The van der Waals surface area contributed by atoms with Crippen molar-refractivity contribution in [3.8, 4) is 5.75 Å². The van der Waals surface area contributed by atoms with Crippen LogP contribution < -0.4 is 10.5 Å². The van der Waals surface area contributed by atoms with E-state index in [0.717, 1.165) is 17.0 Å². The van der Waals surface area contributed by atoms with E-state index in [4.69, 9.17) is 10.5 Å². The molecule has 0 aliphatic heterocycles. The molecule has 1 aromatic carbocycles. The molecule has 0 amide bonds. The van der Waals surface area contributed by atoms with Crippen molar-refractivity contribution in [3.05, 3.63) is 47.8 Å². The zero-order valence-electron chi connectivity index (χ0n) is 11.0. The summed E-state index contributed by atoms with van der Waals surface area (Å²) >= 11 is 0. The average molecular weight is 245 g/mol. The quantitative estimate of drug-likeness (QED) is 0.899. The van der Waals surface area contributed by atoms with Crippen molar-refractivity contribution in [1.82, 2.24) is 9.78 Å². The molecule has 2 N–H and O–H groups in total. The third-order valence-corrected chi connectivity index (χ3v) is 2.79. The molecule has 1 heterocycles. The fourth-order valence-corrected chi connectivity index (χ4v) is 1.89. The lowest BCUT2D eigenvalue weighted by Gasteiger charge is -2.14. The number of hydrogen-bond donors (Lipinski definition) is 1. The van der Waals surface area contributed by atoms with E-state index in [0.29, 0.717) is 0 Å². The fraction of sp³-hybridized carbons (Fsp3) is 0.357. The Bertz CT molecular complexity index is 502. The zero-order chi connectivity index (χ0) is 13.1. The van der Waals surface area contributed by atoms with Gasteiger partial charge in [0.05, 0.1) is 17.8 Å². The molecule has 0 fully saturated rings. The Labute approximate surface area is 107 Å². The molecule has 2 aromatic rings. The normalized spacial score (nSPS) is 12.7. The van der Waals surface area contributed by atoms with E-state index in [1.807, 2.05) is 51.2 Å². The van der Waals surface area contributed by atoms with E-state index in [-0.39, 0.29) is 12.1 Å². The summed E-state index contributed by atoms with van der Waals surface area (Å²) in [6.07, 6.45) is 1.94. The second-order valence-corrected chi connectivity index (χ2v) is 4.59. The summed E-state index contributed by atoms with van der Waals surface area (Å²) < 4.78 is 7.40. The number of benzene rings is 1. The van der Waals surface area contributed by atoms with Gasteiger partial charge in [0.1, 0.15) is 5.75 Å². The Hall–Kier alpha value is -1.81. The predicted octanol–water partition coefficient (Wildman–Crippen LogP) is 2.26. The van der Waals surface area contributed by atoms with Crippen molar-refractivity contribution in [2.45, 2.75) is 26.0 Å². The minimum Gasteiger partial charge on any atom is -0.491 e. The van der Waals surface area contributed by atoms with Crippen LogP contribution in [0.15, 0.2) is 36.5 Å². The lowest BCUT2D eigenvalue weighted by atomic mass is 10.0. The number of hydrogen-bond acceptors (Lipinski definition) is 3. The van der Waals surface area contributed by atoms with Crippen molar-refractivity contribution in [3.63, 3.8) is 0 Å². The maximum absolute atomic E-state index is 6.21. The first-order valence-electron chi connectivity index (χ1n) is 6.08. The highest BCUT2D eigenvalue weighted by Crippen LogP contribution is 2.21. The van der Waals surface area contributed by atoms with E-state index in [1.54, 1.807) is 10.9 Å². The Morgan fingerprint density at radius 2 is 1.83 bits per heavy atom. The van der Waals surface area contributed by atoms with E-state index in [1.165, 1.54) is 0 Å². The van der Waals surface area contributed by atoms with E-state index in [9.17, 15) is 0 Å².